The van der Waals surface area contributed by atoms with Crippen molar-refractivity contribution in [2.75, 3.05) is 19.6 Å². The smallest absolute Gasteiger partial charge is 0.130 e. The van der Waals surface area contributed by atoms with Crippen molar-refractivity contribution >= 4 is 16.7 Å². The molecular formula is C19H24N2O. The summed E-state index contributed by atoms with van der Waals surface area (Å²) >= 11 is 0. The third-order valence-electron chi connectivity index (χ3n) is 5.60. The number of aryl methyl sites for hydroxylation is 1. The van der Waals surface area contributed by atoms with Gasteiger partial charge in [0.15, 0.2) is 0 Å². The Kier molecular flexibility index (Phi) is 3.53. The average molecular weight is 296 g/mol. The van der Waals surface area contributed by atoms with Crippen LogP contribution in [0.2, 0.25) is 0 Å². The molecule has 3 aliphatic rings. The molecule has 1 atom stereocenters. The van der Waals surface area contributed by atoms with Gasteiger partial charge in [0, 0.05) is 35.5 Å². The summed E-state index contributed by atoms with van der Waals surface area (Å²) < 4.78 is 0. The Morgan fingerprint density at radius 1 is 1.27 bits per heavy atom. The van der Waals surface area contributed by atoms with E-state index < -0.39 is 0 Å². The molecular weight excluding hydrogens is 272 g/mol. The molecule has 1 unspecified atom stereocenters. The molecule has 0 aliphatic carbocycles. The first-order valence-corrected chi connectivity index (χ1v) is 8.53. The van der Waals surface area contributed by atoms with Crippen molar-refractivity contribution < 1.29 is 4.79 Å². The Balaban J connectivity index is 1.75. The van der Waals surface area contributed by atoms with Crippen LogP contribution in [-0.2, 0) is 11.2 Å². The maximum absolute atomic E-state index is 11.5. The predicted octanol–water partition coefficient (Wildman–Crippen LogP) is 3.50. The van der Waals surface area contributed by atoms with Crippen molar-refractivity contribution in [3.05, 3.63) is 35.5 Å². The highest BCUT2D eigenvalue weighted by Gasteiger charge is 2.37. The van der Waals surface area contributed by atoms with Crippen LogP contribution >= 0.6 is 0 Å². The minimum absolute atomic E-state index is 0.283. The van der Waals surface area contributed by atoms with Gasteiger partial charge >= 0.3 is 0 Å². The number of ketones is 1. The Labute approximate surface area is 131 Å². The van der Waals surface area contributed by atoms with Crippen LogP contribution in [0.15, 0.2) is 24.3 Å². The van der Waals surface area contributed by atoms with Crippen LogP contribution in [0.1, 0.15) is 43.4 Å². The van der Waals surface area contributed by atoms with E-state index in [0.29, 0.717) is 12.3 Å². The number of nitrogens with one attached hydrogen (secondary N) is 1. The molecule has 1 aromatic carbocycles. The van der Waals surface area contributed by atoms with E-state index in [9.17, 15) is 4.79 Å². The van der Waals surface area contributed by atoms with Crippen molar-refractivity contribution in [1.29, 1.82) is 0 Å². The van der Waals surface area contributed by atoms with Crippen LogP contribution in [0.3, 0.4) is 0 Å². The second-order valence-corrected chi connectivity index (χ2v) is 7.01. The largest absolute Gasteiger partial charge is 0.358 e. The van der Waals surface area contributed by atoms with Crippen LogP contribution in [0, 0.1) is 5.92 Å². The summed E-state index contributed by atoms with van der Waals surface area (Å²) in [5.74, 6) is 1.72. The van der Waals surface area contributed by atoms with Gasteiger partial charge in [-0.3, -0.25) is 0 Å². The molecule has 0 radical (unpaired) electrons. The van der Waals surface area contributed by atoms with E-state index in [1.807, 2.05) is 0 Å². The minimum Gasteiger partial charge on any atom is -0.358 e. The molecule has 1 N–H and O–H groups in total. The highest BCUT2D eigenvalue weighted by atomic mass is 16.1. The molecule has 116 valence electrons. The molecule has 1 aromatic heterocycles. The lowest BCUT2D eigenvalue weighted by molar-refractivity contribution is -0.116. The number of piperidine rings is 3. The quantitative estimate of drug-likeness (QED) is 0.937. The number of carbonyl (C=O) groups excluding carboxylic acids is 1. The molecule has 3 saturated heterocycles. The minimum atomic E-state index is 0.283. The number of aromatic nitrogens is 1. The van der Waals surface area contributed by atoms with E-state index in [1.165, 1.54) is 54.6 Å². The lowest BCUT2D eigenvalue weighted by atomic mass is 9.76. The lowest BCUT2D eigenvalue weighted by Gasteiger charge is -2.45. The van der Waals surface area contributed by atoms with E-state index in [0.717, 1.165) is 12.3 Å². The second-order valence-electron chi connectivity index (χ2n) is 7.01. The highest BCUT2D eigenvalue weighted by molar-refractivity contribution is 5.86. The average Bonchev–Trinajstić information content (AvgIpc) is 2.92. The first-order chi connectivity index (χ1) is 10.7. The molecule has 5 rings (SSSR count). The Morgan fingerprint density at radius 3 is 2.73 bits per heavy atom. The summed E-state index contributed by atoms with van der Waals surface area (Å²) in [7, 11) is 0. The number of rotatable bonds is 4. The van der Waals surface area contributed by atoms with Crippen LogP contribution in [0.25, 0.3) is 10.9 Å². The van der Waals surface area contributed by atoms with E-state index >= 15 is 0 Å². The number of H-pyrrole nitrogens is 1. The fourth-order valence-corrected chi connectivity index (χ4v) is 4.40. The van der Waals surface area contributed by atoms with Gasteiger partial charge < -0.3 is 14.7 Å². The third kappa shape index (κ3) is 2.38. The molecule has 0 amide bonds. The Morgan fingerprint density at radius 2 is 2.05 bits per heavy atom. The first kappa shape index (κ1) is 14.0. The maximum Gasteiger partial charge on any atom is 0.130 e. The molecule has 2 aromatic rings. The van der Waals surface area contributed by atoms with Gasteiger partial charge in [0.2, 0.25) is 0 Å². The van der Waals surface area contributed by atoms with Crippen molar-refractivity contribution in [1.82, 2.24) is 9.88 Å². The summed E-state index contributed by atoms with van der Waals surface area (Å²) in [4.78, 5) is 17.8. The Bertz CT molecular complexity index is 695. The van der Waals surface area contributed by atoms with Crippen molar-refractivity contribution in [2.24, 2.45) is 5.92 Å². The van der Waals surface area contributed by atoms with Crippen molar-refractivity contribution in [3.63, 3.8) is 0 Å². The number of aromatic amines is 1. The number of nitrogens with zero attached hydrogens (tertiary/aromatic N) is 1. The summed E-state index contributed by atoms with van der Waals surface area (Å²) in [6, 6.07) is 8.56. The maximum atomic E-state index is 11.5. The molecule has 2 bridgehead atoms. The molecule has 4 heterocycles. The first-order valence-electron chi connectivity index (χ1n) is 8.53. The van der Waals surface area contributed by atoms with Gasteiger partial charge in [-0.1, -0.05) is 18.2 Å². The molecule has 0 spiro atoms. The summed E-state index contributed by atoms with van der Waals surface area (Å²) in [6.45, 7) is 5.42. The summed E-state index contributed by atoms with van der Waals surface area (Å²) in [5.41, 5.74) is 4.04. The predicted molar refractivity (Wildman–Crippen MR) is 89.2 cm³/mol. The zero-order valence-corrected chi connectivity index (χ0v) is 13.3. The molecule has 3 heteroatoms. The SMILES string of the molecule is CC(=O)CCc1c(C2CN3CCC2CC3)[nH]c2ccccc12. The normalized spacial score (nSPS) is 27.4. The van der Waals surface area contributed by atoms with Gasteiger partial charge in [0.1, 0.15) is 5.78 Å². The van der Waals surface area contributed by atoms with Crippen LogP contribution in [-0.4, -0.2) is 35.3 Å². The number of benzene rings is 1. The number of para-hydroxylation sites is 1. The fourth-order valence-electron chi connectivity index (χ4n) is 4.40. The molecule has 3 aliphatic heterocycles. The van der Waals surface area contributed by atoms with Gasteiger partial charge in [-0.2, -0.15) is 0 Å². The van der Waals surface area contributed by atoms with Crippen molar-refractivity contribution in [2.45, 2.75) is 38.5 Å². The number of carbonyl (C=O) groups is 1. The topological polar surface area (TPSA) is 36.1 Å². The summed E-state index contributed by atoms with van der Waals surface area (Å²) in [6.07, 6.45) is 4.17. The molecule has 3 fully saturated rings. The van der Waals surface area contributed by atoms with E-state index in [-0.39, 0.29) is 5.78 Å². The number of Topliss-reactive ketones (excluding diaryl/α,β-unsaturated/α-hetero) is 1. The standard InChI is InChI=1S/C19H24N2O/c1-13(22)6-7-16-15-4-2-3-5-18(15)20-19(16)17-12-21-10-8-14(17)9-11-21/h2-5,14,17,20H,6-12H2,1H3. The zero-order valence-electron chi connectivity index (χ0n) is 13.3. The van der Waals surface area contributed by atoms with E-state index in [1.54, 1.807) is 6.92 Å². The van der Waals surface area contributed by atoms with Gasteiger partial charge in [-0.05, 0) is 56.8 Å². The molecule has 22 heavy (non-hydrogen) atoms. The molecule has 0 saturated carbocycles. The van der Waals surface area contributed by atoms with Gasteiger partial charge in [-0.25, -0.2) is 0 Å². The number of hydrogen-bond donors (Lipinski definition) is 1. The van der Waals surface area contributed by atoms with Crippen molar-refractivity contribution in [3.8, 4) is 0 Å². The van der Waals surface area contributed by atoms with Crippen LogP contribution in [0.4, 0.5) is 0 Å². The highest BCUT2D eigenvalue weighted by Crippen LogP contribution is 2.41. The van der Waals surface area contributed by atoms with E-state index in [4.69, 9.17) is 0 Å². The Hall–Kier alpha value is -1.61. The monoisotopic (exact) mass is 296 g/mol. The van der Waals surface area contributed by atoms with Gasteiger partial charge in [-0.15, -0.1) is 0 Å². The van der Waals surface area contributed by atoms with E-state index in [2.05, 4.69) is 34.1 Å². The summed E-state index contributed by atoms with van der Waals surface area (Å²) in [5, 5.41) is 1.31. The van der Waals surface area contributed by atoms with Crippen LogP contribution in [0.5, 0.6) is 0 Å². The van der Waals surface area contributed by atoms with Gasteiger partial charge in [0.25, 0.3) is 0 Å². The lowest BCUT2D eigenvalue weighted by Crippen LogP contribution is -2.46. The second kappa shape index (κ2) is 5.54. The van der Waals surface area contributed by atoms with Crippen LogP contribution < -0.4 is 0 Å². The molecule has 3 nitrogen and oxygen atoms in total. The number of hydrogen-bond acceptors (Lipinski definition) is 2. The fraction of sp³-hybridized carbons (Fsp3) is 0.526. The third-order valence-corrected chi connectivity index (χ3v) is 5.60. The van der Waals surface area contributed by atoms with Gasteiger partial charge in [0.05, 0.1) is 0 Å². The number of fused-ring (bicyclic) bond motifs is 4. The zero-order chi connectivity index (χ0) is 15.1.